The molecular formula is C15H17N3O2. The molecule has 1 atom stereocenters. The standard InChI is InChI=1S/C15H17N3O2/c19-15(16-11-13-7-4-10-20-13)14-8-9-18(17-14)12-5-2-1-3-6-12/h1-3,5-6,8-9,13H,4,7,10-11H2,(H,16,19). The van der Waals surface area contributed by atoms with Crippen LogP contribution in [0, 0.1) is 0 Å². The van der Waals surface area contributed by atoms with E-state index in [1.165, 1.54) is 0 Å². The van der Waals surface area contributed by atoms with Crippen molar-refractivity contribution >= 4 is 5.91 Å². The van der Waals surface area contributed by atoms with Crippen LogP contribution in [0.3, 0.4) is 0 Å². The second-order valence-corrected chi connectivity index (χ2v) is 4.83. The summed E-state index contributed by atoms with van der Waals surface area (Å²) in [5.74, 6) is -0.157. The van der Waals surface area contributed by atoms with Crippen LogP contribution in [0.15, 0.2) is 42.6 Å². The number of amides is 1. The van der Waals surface area contributed by atoms with E-state index in [2.05, 4.69) is 10.4 Å². The normalized spacial score (nSPS) is 18.1. The maximum Gasteiger partial charge on any atom is 0.271 e. The van der Waals surface area contributed by atoms with E-state index in [9.17, 15) is 4.79 Å². The van der Waals surface area contributed by atoms with Gasteiger partial charge < -0.3 is 10.1 Å². The second-order valence-electron chi connectivity index (χ2n) is 4.83. The highest BCUT2D eigenvalue weighted by Gasteiger charge is 2.17. The van der Waals surface area contributed by atoms with Crippen LogP contribution >= 0.6 is 0 Å². The zero-order chi connectivity index (χ0) is 13.8. The molecule has 0 bridgehead atoms. The van der Waals surface area contributed by atoms with Crippen molar-refractivity contribution in [1.82, 2.24) is 15.1 Å². The summed E-state index contributed by atoms with van der Waals surface area (Å²) in [4.78, 5) is 12.0. The number of nitrogens with one attached hydrogen (secondary N) is 1. The number of aromatic nitrogens is 2. The van der Waals surface area contributed by atoms with Crippen LogP contribution in [-0.2, 0) is 4.74 Å². The Balaban J connectivity index is 1.62. The average Bonchev–Trinajstić information content (AvgIpc) is 3.17. The predicted molar refractivity (Wildman–Crippen MR) is 74.9 cm³/mol. The van der Waals surface area contributed by atoms with Gasteiger partial charge >= 0.3 is 0 Å². The van der Waals surface area contributed by atoms with Crippen LogP contribution < -0.4 is 5.32 Å². The zero-order valence-corrected chi connectivity index (χ0v) is 11.2. The quantitative estimate of drug-likeness (QED) is 0.922. The van der Waals surface area contributed by atoms with Gasteiger partial charge in [-0.1, -0.05) is 18.2 Å². The Morgan fingerprint density at radius 2 is 2.20 bits per heavy atom. The molecule has 0 aliphatic carbocycles. The van der Waals surface area contributed by atoms with E-state index in [4.69, 9.17) is 4.74 Å². The molecule has 0 saturated carbocycles. The lowest BCUT2D eigenvalue weighted by Crippen LogP contribution is -2.32. The van der Waals surface area contributed by atoms with Gasteiger partial charge in [-0.25, -0.2) is 4.68 Å². The Kier molecular flexibility index (Phi) is 3.78. The molecule has 5 heteroatoms. The van der Waals surface area contributed by atoms with E-state index in [-0.39, 0.29) is 12.0 Å². The van der Waals surface area contributed by atoms with Crippen molar-refractivity contribution < 1.29 is 9.53 Å². The van der Waals surface area contributed by atoms with Gasteiger partial charge in [0.15, 0.2) is 5.69 Å². The van der Waals surface area contributed by atoms with Crippen LogP contribution in [0.5, 0.6) is 0 Å². The monoisotopic (exact) mass is 271 g/mol. The minimum absolute atomic E-state index is 0.148. The fourth-order valence-electron chi connectivity index (χ4n) is 2.27. The molecule has 1 aliphatic rings. The molecule has 1 fully saturated rings. The molecule has 104 valence electrons. The third-order valence-corrected chi connectivity index (χ3v) is 3.36. The summed E-state index contributed by atoms with van der Waals surface area (Å²) in [5.41, 5.74) is 1.36. The van der Waals surface area contributed by atoms with Gasteiger partial charge in [0.1, 0.15) is 0 Å². The Morgan fingerprint density at radius 1 is 1.35 bits per heavy atom. The molecule has 2 aromatic rings. The topological polar surface area (TPSA) is 56.1 Å². The molecule has 1 aliphatic heterocycles. The van der Waals surface area contributed by atoms with Crippen LogP contribution in [0.25, 0.3) is 5.69 Å². The summed E-state index contributed by atoms with van der Waals surface area (Å²) in [7, 11) is 0. The molecule has 1 saturated heterocycles. The number of ether oxygens (including phenoxy) is 1. The van der Waals surface area contributed by atoms with Crippen LogP contribution in [0.1, 0.15) is 23.3 Å². The summed E-state index contributed by atoms with van der Waals surface area (Å²) in [6, 6.07) is 11.4. The van der Waals surface area contributed by atoms with Gasteiger partial charge in [0.05, 0.1) is 11.8 Å². The van der Waals surface area contributed by atoms with Gasteiger partial charge in [0.2, 0.25) is 0 Å². The van der Waals surface area contributed by atoms with Gasteiger partial charge in [-0.15, -0.1) is 0 Å². The minimum atomic E-state index is -0.157. The average molecular weight is 271 g/mol. The molecule has 1 unspecified atom stereocenters. The fourth-order valence-corrected chi connectivity index (χ4v) is 2.27. The van der Waals surface area contributed by atoms with E-state index in [0.717, 1.165) is 25.1 Å². The Bertz CT molecular complexity index is 574. The molecular weight excluding hydrogens is 254 g/mol. The van der Waals surface area contributed by atoms with E-state index in [0.29, 0.717) is 12.2 Å². The van der Waals surface area contributed by atoms with Crippen molar-refractivity contribution in [2.75, 3.05) is 13.2 Å². The van der Waals surface area contributed by atoms with Crippen molar-refractivity contribution in [3.63, 3.8) is 0 Å². The van der Waals surface area contributed by atoms with E-state index >= 15 is 0 Å². The predicted octanol–water partition coefficient (Wildman–Crippen LogP) is 1.78. The Labute approximate surface area is 117 Å². The van der Waals surface area contributed by atoms with Crippen molar-refractivity contribution in [3.8, 4) is 5.69 Å². The fraction of sp³-hybridized carbons (Fsp3) is 0.333. The highest BCUT2D eigenvalue weighted by atomic mass is 16.5. The van der Waals surface area contributed by atoms with Gasteiger partial charge in [-0.2, -0.15) is 5.10 Å². The third-order valence-electron chi connectivity index (χ3n) is 3.36. The number of nitrogens with zero attached hydrogens (tertiary/aromatic N) is 2. The van der Waals surface area contributed by atoms with Gasteiger partial charge in [-0.3, -0.25) is 4.79 Å². The van der Waals surface area contributed by atoms with E-state index < -0.39 is 0 Å². The number of para-hydroxylation sites is 1. The number of benzene rings is 1. The van der Waals surface area contributed by atoms with Crippen molar-refractivity contribution in [3.05, 3.63) is 48.3 Å². The minimum Gasteiger partial charge on any atom is -0.376 e. The molecule has 1 aromatic carbocycles. The summed E-state index contributed by atoms with van der Waals surface area (Å²) in [6.07, 6.45) is 4.02. The van der Waals surface area contributed by atoms with E-state index in [1.807, 2.05) is 30.3 Å². The lowest BCUT2D eigenvalue weighted by molar-refractivity contribution is 0.0853. The Hall–Kier alpha value is -2.14. The summed E-state index contributed by atoms with van der Waals surface area (Å²) >= 11 is 0. The van der Waals surface area contributed by atoms with Crippen molar-refractivity contribution in [1.29, 1.82) is 0 Å². The number of carbonyl (C=O) groups is 1. The summed E-state index contributed by atoms with van der Waals surface area (Å²) in [6.45, 7) is 1.35. The lowest BCUT2D eigenvalue weighted by atomic mass is 10.2. The summed E-state index contributed by atoms with van der Waals surface area (Å²) in [5, 5.41) is 7.16. The van der Waals surface area contributed by atoms with Crippen molar-refractivity contribution in [2.24, 2.45) is 0 Å². The number of hydrogen-bond donors (Lipinski definition) is 1. The first-order valence-corrected chi connectivity index (χ1v) is 6.84. The molecule has 2 heterocycles. The molecule has 0 spiro atoms. The molecule has 1 amide bonds. The van der Waals surface area contributed by atoms with E-state index in [1.54, 1.807) is 16.9 Å². The SMILES string of the molecule is O=C(NCC1CCCO1)c1ccn(-c2ccccc2)n1. The zero-order valence-electron chi connectivity index (χ0n) is 11.2. The summed E-state index contributed by atoms with van der Waals surface area (Å²) < 4.78 is 7.17. The van der Waals surface area contributed by atoms with Crippen LogP contribution in [-0.4, -0.2) is 34.9 Å². The Morgan fingerprint density at radius 3 is 2.95 bits per heavy atom. The highest BCUT2D eigenvalue weighted by Crippen LogP contribution is 2.11. The smallest absolute Gasteiger partial charge is 0.271 e. The number of rotatable bonds is 4. The van der Waals surface area contributed by atoms with Gasteiger partial charge in [-0.05, 0) is 31.0 Å². The third kappa shape index (κ3) is 2.88. The molecule has 0 radical (unpaired) electrons. The first kappa shape index (κ1) is 12.9. The molecule has 1 aromatic heterocycles. The molecule has 5 nitrogen and oxygen atoms in total. The molecule has 1 N–H and O–H groups in total. The second kappa shape index (κ2) is 5.88. The van der Waals surface area contributed by atoms with Crippen molar-refractivity contribution in [2.45, 2.75) is 18.9 Å². The van der Waals surface area contributed by atoms with Crippen LogP contribution in [0.4, 0.5) is 0 Å². The maximum atomic E-state index is 12.0. The largest absolute Gasteiger partial charge is 0.376 e. The van der Waals surface area contributed by atoms with Gasteiger partial charge in [0, 0.05) is 19.3 Å². The highest BCUT2D eigenvalue weighted by molar-refractivity contribution is 5.92. The first-order chi connectivity index (χ1) is 9.83. The first-order valence-electron chi connectivity index (χ1n) is 6.84. The number of carbonyl (C=O) groups excluding carboxylic acids is 1. The maximum absolute atomic E-state index is 12.0. The van der Waals surface area contributed by atoms with Crippen LogP contribution in [0.2, 0.25) is 0 Å². The number of hydrogen-bond acceptors (Lipinski definition) is 3. The molecule has 20 heavy (non-hydrogen) atoms. The van der Waals surface area contributed by atoms with Gasteiger partial charge in [0.25, 0.3) is 5.91 Å². The lowest BCUT2D eigenvalue weighted by Gasteiger charge is -2.09. The molecule has 3 rings (SSSR count).